The van der Waals surface area contributed by atoms with Gasteiger partial charge in [-0.15, -0.1) is 0 Å². The van der Waals surface area contributed by atoms with Crippen LogP contribution in [0.15, 0.2) is 18.2 Å². The van der Waals surface area contributed by atoms with E-state index < -0.39 is 10.0 Å². The second-order valence-electron chi connectivity index (χ2n) is 8.10. The number of hydrogen-bond acceptors (Lipinski definition) is 4. The lowest BCUT2D eigenvalue weighted by atomic mass is 9.97. The van der Waals surface area contributed by atoms with Gasteiger partial charge < -0.3 is 5.32 Å². The molecule has 1 saturated heterocycles. The minimum Gasteiger partial charge on any atom is -0.355 e. The van der Waals surface area contributed by atoms with Crippen LogP contribution in [0, 0.1) is 5.92 Å². The van der Waals surface area contributed by atoms with Gasteiger partial charge in [-0.1, -0.05) is 48.5 Å². The molecule has 168 valence electrons. The molecule has 0 spiro atoms. The van der Waals surface area contributed by atoms with Crippen molar-refractivity contribution in [3.8, 4) is 0 Å². The van der Waals surface area contributed by atoms with Gasteiger partial charge in [0.25, 0.3) is 0 Å². The van der Waals surface area contributed by atoms with Crippen LogP contribution in [-0.2, 0) is 20.6 Å². The van der Waals surface area contributed by atoms with Crippen molar-refractivity contribution in [2.45, 2.75) is 55.9 Å². The molecule has 2 aliphatic rings. The van der Waals surface area contributed by atoms with Crippen molar-refractivity contribution in [2.75, 3.05) is 25.4 Å². The van der Waals surface area contributed by atoms with E-state index in [1.54, 1.807) is 18.2 Å². The summed E-state index contributed by atoms with van der Waals surface area (Å²) in [5.41, 5.74) is 0.611. The van der Waals surface area contributed by atoms with Gasteiger partial charge in [0.2, 0.25) is 15.9 Å². The van der Waals surface area contributed by atoms with Gasteiger partial charge in [0.15, 0.2) is 0 Å². The van der Waals surface area contributed by atoms with E-state index in [0.717, 1.165) is 11.0 Å². The van der Waals surface area contributed by atoms with E-state index in [2.05, 4.69) is 5.32 Å². The zero-order chi connectivity index (χ0) is 21.6. The standard InChI is InChI=1S/C21H30Cl2N2O3S2/c22-19-7-6-16(14-20(19)23)15-30(27,28)25-11-8-17(9-12-25)21(26)24-10-13-29-18-4-2-1-3-5-18/h6-7,14,17-18H,1-5,8-13,15H2,(H,24,26). The van der Waals surface area contributed by atoms with Crippen LogP contribution in [0.3, 0.4) is 0 Å². The molecule has 3 rings (SSSR count). The predicted molar refractivity (Wildman–Crippen MR) is 126 cm³/mol. The molecular weight excluding hydrogens is 463 g/mol. The second kappa shape index (κ2) is 11.4. The number of benzene rings is 1. The summed E-state index contributed by atoms with van der Waals surface area (Å²) in [5, 5.41) is 4.54. The number of amides is 1. The van der Waals surface area contributed by atoms with Crippen LogP contribution in [0.2, 0.25) is 10.0 Å². The average Bonchev–Trinajstić information content (AvgIpc) is 2.74. The first-order valence-corrected chi connectivity index (χ1v) is 14.1. The van der Waals surface area contributed by atoms with E-state index in [0.29, 0.717) is 48.1 Å². The minimum atomic E-state index is -3.45. The Morgan fingerprint density at radius 2 is 1.77 bits per heavy atom. The van der Waals surface area contributed by atoms with Crippen molar-refractivity contribution in [1.82, 2.24) is 9.62 Å². The van der Waals surface area contributed by atoms with Crippen molar-refractivity contribution in [1.29, 1.82) is 0 Å². The Morgan fingerprint density at radius 1 is 1.07 bits per heavy atom. The van der Waals surface area contributed by atoms with Crippen molar-refractivity contribution < 1.29 is 13.2 Å². The highest BCUT2D eigenvalue weighted by molar-refractivity contribution is 7.99. The second-order valence-corrected chi connectivity index (χ2v) is 12.3. The number of hydrogen-bond donors (Lipinski definition) is 1. The van der Waals surface area contributed by atoms with Gasteiger partial charge in [-0.25, -0.2) is 12.7 Å². The molecule has 9 heteroatoms. The Balaban J connectivity index is 1.39. The molecule has 0 atom stereocenters. The third kappa shape index (κ3) is 7.02. The van der Waals surface area contributed by atoms with Gasteiger partial charge in [0.1, 0.15) is 0 Å². The van der Waals surface area contributed by atoms with Gasteiger partial charge in [0.05, 0.1) is 15.8 Å². The fraction of sp³-hybridized carbons (Fsp3) is 0.667. The Kier molecular flexibility index (Phi) is 9.20. The molecular formula is C21H30Cl2N2O3S2. The number of nitrogens with zero attached hydrogens (tertiary/aromatic N) is 1. The number of piperidine rings is 1. The smallest absolute Gasteiger partial charge is 0.223 e. The number of carbonyl (C=O) groups is 1. The molecule has 0 bridgehead atoms. The number of sulfonamides is 1. The first-order chi connectivity index (χ1) is 14.3. The fourth-order valence-electron chi connectivity index (χ4n) is 4.10. The summed E-state index contributed by atoms with van der Waals surface area (Å²) in [6, 6.07) is 4.88. The van der Waals surface area contributed by atoms with Gasteiger partial charge in [0, 0.05) is 36.6 Å². The first kappa shape index (κ1) is 24.2. The SMILES string of the molecule is O=C(NCCSC1CCCCC1)C1CCN(S(=O)(=O)Cc2ccc(Cl)c(Cl)c2)CC1. The lowest BCUT2D eigenvalue weighted by Crippen LogP contribution is -2.43. The highest BCUT2D eigenvalue weighted by atomic mass is 35.5. The Labute approximate surface area is 194 Å². The van der Waals surface area contributed by atoms with Gasteiger partial charge in [-0.05, 0) is 43.4 Å². The third-order valence-corrected chi connectivity index (χ3v) is 9.83. The largest absolute Gasteiger partial charge is 0.355 e. The molecule has 0 unspecified atom stereocenters. The lowest BCUT2D eigenvalue weighted by molar-refractivity contribution is -0.125. The van der Waals surface area contributed by atoms with Crippen LogP contribution in [0.5, 0.6) is 0 Å². The molecule has 1 heterocycles. The van der Waals surface area contributed by atoms with E-state index >= 15 is 0 Å². The van der Waals surface area contributed by atoms with Crippen LogP contribution >= 0.6 is 35.0 Å². The topological polar surface area (TPSA) is 66.5 Å². The van der Waals surface area contributed by atoms with Gasteiger partial charge in [-0.3, -0.25) is 4.79 Å². The maximum Gasteiger partial charge on any atom is 0.223 e. The van der Waals surface area contributed by atoms with Crippen molar-refractivity contribution >= 4 is 50.9 Å². The molecule has 0 aromatic heterocycles. The van der Waals surface area contributed by atoms with Gasteiger partial charge >= 0.3 is 0 Å². The maximum absolute atomic E-state index is 12.7. The summed E-state index contributed by atoms with van der Waals surface area (Å²) in [4.78, 5) is 12.5. The maximum atomic E-state index is 12.7. The highest BCUT2D eigenvalue weighted by Crippen LogP contribution is 2.28. The van der Waals surface area contributed by atoms with E-state index in [1.165, 1.54) is 36.4 Å². The molecule has 0 radical (unpaired) electrons. The Bertz CT molecular complexity index is 822. The number of rotatable bonds is 8. The van der Waals surface area contributed by atoms with Crippen molar-refractivity contribution in [2.24, 2.45) is 5.92 Å². The predicted octanol–water partition coefficient (Wildman–Crippen LogP) is 4.72. The molecule has 30 heavy (non-hydrogen) atoms. The molecule has 1 aromatic carbocycles. The normalized spacial score (nSPS) is 19.7. The molecule has 1 N–H and O–H groups in total. The number of thioether (sulfide) groups is 1. The highest BCUT2D eigenvalue weighted by Gasteiger charge is 2.31. The molecule has 1 aromatic rings. The Hall–Kier alpha value is -0.470. The summed E-state index contributed by atoms with van der Waals surface area (Å²) in [6.07, 6.45) is 7.73. The quantitative estimate of drug-likeness (QED) is 0.533. The Morgan fingerprint density at radius 3 is 2.43 bits per heavy atom. The molecule has 1 aliphatic heterocycles. The van der Waals surface area contributed by atoms with E-state index in [1.807, 2.05) is 11.8 Å². The van der Waals surface area contributed by atoms with Crippen LogP contribution in [-0.4, -0.2) is 49.3 Å². The molecule has 1 amide bonds. The molecule has 5 nitrogen and oxygen atoms in total. The zero-order valence-electron chi connectivity index (χ0n) is 17.1. The van der Waals surface area contributed by atoms with Crippen LogP contribution in [0.4, 0.5) is 0 Å². The molecule has 1 aliphatic carbocycles. The monoisotopic (exact) mass is 492 g/mol. The summed E-state index contributed by atoms with van der Waals surface area (Å²) in [7, 11) is -3.45. The summed E-state index contributed by atoms with van der Waals surface area (Å²) in [6.45, 7) is 1.44. The number of halogens is 2. The van der Waals surface area contributed by atoms with Gasteiger partial charge in [-0.2, -0.15) is 11.8 Å². The van der Waals surface area contributed by atoms with Crippen LogP contribution in [0.25, 0.3) is 0 Å². The van der Waals surface area contributed by atoms with Crippen LogP contribution < -0.4 is 5.32 Å². The first-order valence-electron chi connectivity index (χ1n) is 10.7. The number of nitrogens with one attached hydrogen (secondary N) is 1. The summed E-state index contributed by atoms with van der Waals surface area (Å²) < 4.78 is 27.0. The van der Waals surface area contributed by atoms with Crippen molar-refractivity contribution in [3.05, 3.63) is 33.8 Å². The summed E-state index contributed by atoms with van der Waals surface area (Å²) >= 11 is 13.9. The molecule has 1 saturated carbocycles. The van der Waals surface area contributed by atoms with Crippen LogP contribution in [0.1, 0.15) is 50.5 Å². The van der Waals surface area contributed by atoms with E-state index in [4.69, 9.17) is 23.2 Å². The van der Waals surface area contributed by atoms with E-state index in [9.17, 15) is 13.2 Å². The number of carbonyl (C=O) groups excluding carboxylic acids is 1. The lowest BCUT2D eigenvalue weighted by Gasteiger charge is -2.30. The van der Waals surface area contributed by atoms with Crippen molar-refractivity contribution in [3.63, 3.8) is 0 Å². The average molecular weight is 494 g/mol. The minimum absolute atomic E-state index is 0.0563. The third-order valence-electron chi connectivity index (χ3n) is 5.86. The summed E-state index contributed by atoms with van der Waals surface area (Å²) in [5.74, 6) is 0.786. The van der Waals surface area contributed by atoms with E-state index in [-0.39, 0.29) is 17.6 Å². The fourth-order valence-corrected chi connectivity index (χ4v) is 7.19. The molecule has 2 fully saturated rings. The zero-order valence-corrected chi connectivity index (χ0v) is 20.3.